The van der Waals surface area contributed by atoms with Gasteiger partial charge in [-0.2, -0.15) is 5.10 Å². The lowest BCUT2D eigenvalue weighted by molar-refractivity contribution is 0.287. The Labute approximate surface area is 98.4 Å². The van der Waals surface area contributed by atoms with Gasteiger partial charge in [-0.15, -0.1) is 0 Å². The van der Waals surface area contributed by atoms with Crippen LogP contribution in [0.2, 0.25) is 0 Å². The van der Waals surface area contributed by atoms with Crippen LogP contribution in [0.4, 0.5) is 0 Å². The molecule has 0 radical (unpaired) electrons. The lowest BCUT2D eigenvalue weighted by Crippen LogP contribution is -2.32. The third-order valence-electron chi connectivity index (χ3n) is 2.84. The van der Waals surface area contributed by atoms with Crippen molar-refractivity contribution in [2.45, 2.75) is 33.7 Å². The van der Waals surface area contributed by atoms with E-state index in [4.69, 9.17) is 0 Å². The van der Waals surface area contributed by atoms with Gasteiger partial charge in [0.1, 0.15) is 0 Å². The summed E-state index contributed by atoms with van der Waals surface area (Å²) in [5.74, 6) is 0. The summed E-state index contributed by atoms with van der Waals surface area (Å²) in [7, 11) is 0. The Morgan fingerprint density at radius 1 is 1.38 bits per heavy atom. The quantitative estimate of drug-likeness (QED) is 0.658. The molecule has 1 aromatic heterocycles. The second-order valence-corrected chi connectivity index (χ2v) is 4.13. The summed E-state index contributed by atoms with van der Waals surface area (Å²) >= 11 is 0. The summed E-state index contributed by atoms with van der Waals surface area (Å²) in [5, 5.41) is 10.4. The van der Waals surface area contributed by atoms with Crippen molar-refractivity contribution in [1.82, 2.24) is 20.4 Å². The first-order valence-corrected chi connectivity index (χ1v) is 6.19. The first-order valence-electron chi connectivity index (χ1n) is 6.19. The zero-order valence-corrected chi connectivity index (χ0v) is 10.7. The van der Waals surface area contributed by atoms with Gasteiger partial charge in [0.05, 0.1) is 6.20 Å². The maximum absolute atomic E-state index is 4.01. The van der Waals surface area contributed by atoms with Gasteiger partial charge >= 0.3 is 0 Å². The smallest absolute Gasteiger partial charge is 0.0535 e. The molecule has 0 atom stereocenters. The predicted octanol–water partition coefficient (Wildman–Crippen LogP) is 1.54. The van der Waals surface area contributed by atoms with Crippen molar-refractivity contribution in [2.75, 3.05) is 26.2 Å². The van der Waals surface area contributed by atoms with Gasteiger partial charge in [-0.1, -0.05) is 13.8 Å². The highest BCUT2D eigenvalue weighted by Crippen LogP contribution is 2.00. The molecule has 0 fully saturated rings. The van der Waals surface area contributed by atoms with Gasteiger partial charge in [-0.05, 0) is 26.4 Å². The number of aromatic amines is 1. The summed E-state index contributed by atoms with van der Waals surface area (Å²) < 4.78 is 0. The van der Waals surface area contributed by atoms with E-state index in [1.807, 2.05) is 6.20 Å². The Morgan fingerprint density at radius 2 is 2.19 bits per heavy atom. The molecule has 1 heterocycles. The Bertz CT molecular complexity index is 282. The van der Waals surface area contributed by atoms with E-state index < -0.39 is 0 Å². The van der Waals surface area contributed by atoms with Crippen molar-refractivity contribution in [3.63, 3.8) is 0 Å². The molecule has 0 aliphatic heterocycles. The van der Waals surface area contributed by atoms with Crippen molar-refractivity contribution in [3.05, 3.63) is 17.5 Å². The maximum Gasteiger partial charge on any atom is 0.0535 e. The molecular weight excluding hydrogens is 200 g/mol. The fourth-order valence-electron chi connectivity index (χ4n) is 1.76. The van der Waals surface area contributed by atoms with Crippen LogP contribution < -0.4 is 5.32 Å². The summed E-state index contributed by atoms with van der Waals surface area (Å²) in [6.45, 7) is 11.9. The topological polar surface area (TPSA) is 44.0 Å². The highest BCUT2D eigenvalue weighted by molar-refractivity contribution is 5.13. The predicted molar refractivity (Wildman–Crippen MR) is 67.4 cm³/mol. The molecule has 1 aromatic rings. The molecule has 16 heavy (non-hydrogen) atoms. The molecule has 0 saturated carbocycles. The summed E-state index contributed by atoms with van der Waals surface area (Å²) in [6, 6.07) is 0. The largest absolute Gasteiger partial charge is 0.311 e. The normalized spacial score (nSPS) is 11.2. The molecule has 0 aromatic carbocycles. The van der Waals surface area contributed by atoms with Gasteiger partial charge in [-0.25, -0.2) is 0 Å². The van der Waals surface area contributed by atoms with E-state index in [-0.39, 0.29) is 0 Å². The Hall–Kier alpha value is -0.870. The van der Waals surface area contributed by atoms with Crippen LogP contribution in [0.1, 0.15) is 31.5 Å². The number of hydrogen-bond donors (Lipinski definition) is 2. The van der Waals surface area contributed by atoms with Crippen LogP contribution in [-0.4, -0.2) is 41.3 Å². The fourth-order valence-corrected chi connectivity index (χ4v) is 1.76. The van der Waals surface area contributed by atoms with Crippen LogP contribution >= 0.6 is 0 Å². The van der Waals surface area contributed by atoms with Gasteiger partial charge in [0, 0.05) is 30.9 Å². The third-order valence-corrected chi connectivity index (χ3v) is 2.84. The van der Waals surface area contributed by atoms with E-state index in [9.17, 15) is 0 Å². The fraction of sp³-hybridized carbons (Fsp3) is 0.750. The minimum atomic E-state index is 0.909. The van der Waals surface area contributed by atoms with E-state index in [0.717, 1.165) is 31.9 Å². The molecule has 0 bridgehead atoms. The van der Waals surface area contributed by atoms with Gasteiger partial charge in [0.25, 0.3) is 0 Å². The van der Waals surface area contributed by atoms with Gasteiger partial charge in [0.2, 0.25) is 0 Å². The van der Waals surface area contributed by atoms with Crippen LogP contribution in [0, 0.1) is 6.92 Å². The zero-order valence-electron chi connectivity index (χ0n) is 10.7. The third kappa shape index (κ3) is 4.33. The van der Waals surface area contributed by atoms with Crippen molar-refractivity contribution < 1.29 is 0 Å². The highest BCUT2D eigenvalue weighted by Gasteiger charge is 2.01. The van der Waals surface area contributed by atoms with Crippen LogP contribution in [0.3, 0.4) is 0 Å². The minimum Gasteiger partial charge on any atom is -0.311 e. The molecule has 1 rings (SSSR count). The number of hydrogen-bond acceptors (Lipinski definition) is 3. The molecule has 4 heteroatoms. The van der Waals surface area contributed by atoms with E-state index in [1.54, 1.807) is 0 Å². The van der Waals surface area contributed by atoms with Crippen molar-refractivity contribution >= 4 is 0 Å². The Morgan fingerprint density at radius 3 is 2.75 bits per heavy atom. The molecule has 0 amide bonds. The van der Waals surface area contributed by atoms with Gasteiger partial charge < -0.3 is 10.2 Å². The minimum absolute atomic E-state index is 0.909. The first-order chi connectivity index (χ1) is 7.77. The summed E-state index contributed by atoms with van der Waals surface area (Å²) in [6.07, 6.45) is 3.13. The zero-order chi connectivity index (χ0) is 11.8. The van der Waals surface area contributed by atoms with E-state index in [2.05, 4.69) is 41.2 Å². The SMILES string of the molecule is CCCN(CC)CCNCc1cn[nH]c1C. The Balaban J connectivity index is 2.14. The number of H-pyrrole nitrogens is 1. The lowest BCUT2D eigenvalue weighted by atomic mass is 10.2. The van der Waals surface area contributed by atoms with Crippen molar-refractivity contribution in [2.24, 2.45) is 0 Å². The van der Waals surface area contributed by atoms with Gasteiger partial charge in [-0.3, -0.25) is 5.10 Å². The molecule has 0 unspecified atom stereocenters. The van der Waals surface area contributed by atoms with Crippen LogP contribution in [-0.2, 0) is 6.54 Å². The number of aryl methyl sites for hydroxylation is 1. The molecule has 0 saturated heterocycles. The van der Waals surface area contributed by atoms with Crippen molar-refractivity contribution in [3.8, 4) is 0 Å². The number of rotatable bonds is 8. The standard InChI is InChI=1S/C12H24N4/c1-4-7-16(5-2)8-6-13-9-12-10-14-15-11(12)3/h10,13H,4-9H2,1-3H3,(H,14,15). The van der Waals surface area contributed by atoms with E-state index >= 15 is 0 Å². The molecular formula is C12H24N4. The second kappa shape index (κ2) is 7.41. The number of nitrogens with zero attached hydrogens (tertiary/aromatic N) is 2. The molecule has 4 nitrogen and oxygen atoms in total. The Kier molecular flexibility index (Phi) is 6.11. The number of aromatic nitrogens is 2. The van der Waals surface area contributed by atoms with Crippen molar-refractivity contribution in [1.29, 1.82) is 0 Å². The van der Waals surface area contributed by atoms with E-state index in [1.165, 1.54) is 18.5 Å². The molecule has 92 valence electrons. The average Bonchev–Trinajstić information content (AvgIpc) is 2.69. The average molecular weight is 224 g/mol. The molecule has 2 N–H and O–H groups in total. The van der Waals surface area contributed by atoms with Gasteiger partial charge in [0.15, 0.2) is 0 Å². The molecule has 0 aliphatic carbocycles. The summed E-state index contributed by atoms with van der Waals surface area (Å²) in [5.41, 5.74) is 2.42. The lowest BCUT2D eigenvalue weighted by Gasteiger charge is -2.19. The summed E-state index contributed by atoms with van der Waals surface area (Å²) in [4.78, 5) is 2.47. The van der Waals surface area contributed by atoms with E-state index in [0.29, 0.717) is 0 Å². The van der Waals surface area contributed by atoms with Crippen LogP contribution in [0.15, 0.2) is 6.20 Å². The maximum atomic E-state index is 4.01. The monoisotopic (exact) mass is 224 g/mol. The second-order valence-electron chi connectivity index (χ2n) is 4.13. The molecule has 0 spiro atoms. The highest BCUT2D eigenvalue weighted by atomic mass is 15.1. The van der Waals surface area contributed by atoms with Crippen LogP contribution in [0.5, 0.6) is 0 Å². The number of likely N-dealkylation sites (N-methyl/N-ethyl adjacent to an activating group) is 1. The number of nitrogens with one attached hydrogen (secondary N) is 2. The van der Waals surface area contributed by atoms with Crippen LogP contribution in [0.25, 0.3) is 0 Å². The molecule has 0 aliphatic rings. The first kappa shape index (κ1) is 13.2.